The van der Waals surface area contributed by atoms with E-state index in [9.17, 15) is 19.0 Å². The summed E-state index contributed by atoms with van der Waals surface area (Å²) in [4.78, 5) is 35.7. The Bertz CT molecular complexity index is 1870. The summed E-state index contributed by atoms with van der Waals surface area (Å²) in [6.07, 6.45) is 86.2. The molecule has 0 aromatic carbocycles. The number of nitrogens with zero attached hydrogens (tertiary/aromatic N) is 1. The second-order valence-electron chi connectivity index (χ2n) is 20.6. The third-order valence-electron chi connectivity index (χ3n) is 12.1. The molecule has 0 aliphatic rings. The maximum Gasteiger partial charge on any atom is 0.472 e. The Balaban J connectivity index is 4.16. The molecule has 0 aromatic heterocycles. The second-order valence-corrected chi connectivity index (χ2v) is 22.1. The number of phosphoric ester groups is 1. The van der Waals surface area contributed by atoms with Crippen molar-refractivity contribution in [2.75, 3.05) is 47.5 Å². The van der Waals surface area contributed by atoms with Gasteiger partial charge in [0.05, 0.1) is 27.7 Å². The molecule has 0 rings (SSSR count). The van der Waals surface area contributed by atoms with Crippen LogP contribution in [0.4, 0.5) is 0 Å². The van der Waals surface area contributed by atoms with Crippen molar-refractivity contribution in [2.24, 2.45) is 0 Å². The van der Waals surface area contributed by atoms with Gasteiger partial charge in [0.1, 0.15) is 19.8 Å². The van der Waals surface area contributed by atoms with Crippen LogP contribution >= 0.6 is 7.82 Å². The normalized spacial score (nSPS) is 14.4. The number of ether oxygens (including phenoxy) is 2. The van der Waals surface area contributed by atoms with Crippen LogP contribution in [0.15, 0.2) is 158 Å². The molecule has 440 valence electrons. The van der Waals surface area contributed by atoms with E-state index >= 15 is 0 Å². The van der Waals surface area contributed by atoms with Crippen LogP contribution in [0.1, 0.15) is 206 Å². The molecule has 0 saturated carbocycles. The van der Waals surface area contributed by atoms with Gasteiger partial charge in [-0.25, -0.2) is 4.57 Å². The van der Waals surface area contributed by atoms with Gasteiger partial charge in [-0.1, -0.05) is 236 Å². The summed E-state index contributed by atoms with van der Waals surface area (Å²) < 4.78 is 34.5. The molecule has 0 amide bonds. The average Bonchev–Trinajstić information content (AvgIpc) is 3.41. The molecular weight excluding hydrogens is 990 g/mol. The molecule has 2 atom stereocenters. The van der Waals surface area contributed by atoms with E-state index in [-0.39, 0.29) is 26.1 Å². The van der Waals surface area contributed by atoms with Crippen molar-refractivity contribution in [3.63, 3.8) is 0 Å². The minimum Gasteiger partial charge on any atom is -0.462 e. The van der Waals surface area contributed by atoms with Gasteiger partial charge in [-0.05, 0) is 116 Å². The van der Waals surface area contributed by atoms with Crippen LogP contribution in [0.25, 0.3) is 0 Å². The van der Waals surface area contributed by atoms with E-state index in [4.69, 9.17) is 18.5 Å². The first-order valence-corrected chi connectivity index (χ1v) is 31.7. The zero-order valence-electron chi connectivity index (χ0n) is 49.8. The third-order valence-corrected chi connectivity index (χ3v) is 13.0. The standard InChI is InChI=1S/C68H110NO8P/c1-6-8-10-12-14-16-18-20-22-24-25-26-27-28-29-30-31-32-33-34-35-36-37-38-39-40-41-42-43-45-47-49-51-53-55-57-59-61-68(71)77-66(65-76-78(72,73)75-63-62-69(3,4)5)64-74-67(70)60-58-56-54-52-50-48-46-44-23-21-19-17-15-13-11-9-7-2/h8-11,14-17,20-23,25-26,28-29,31-32,34-35,37-38,46,48,52,54,66H,6-7,12-13,18-19,24,27,30,33,36,39-45,47,49-51,53,55-65H2,1-5H3/p+1/b10-8-,11-9-,16-14-,17-15-,22-20-,23-21-,26-25-,29-28-,32-31-,35-34-,38-37-,48-46-,54-52-. The monoisotopic (exact) mass is 1100 g/mol. The van der Waals surface area contributed by atoms with E-state index < -0.39 is 32.5 Å². The number of quaternary nitrogens is 1. The van der Waals surface area contributed by atoms with E-state index in [1.165, 1.54) is 51.4 Å². The van der Waals surface area contributed by atoms with E-state index in [0.717, 1.165) is 116 Å². The summed E-state index contributed by atoms with van der Waals surface area (Å²) in [6.45, 7) is 4.11. The largest absolute Gasteiger partial charge is 0.472 e. The number of carbonyl (C=O) groups is 2. The van der Waals surface area contributed by atoms with Gasteiger partial charge in [0.15, 0.2) is 6.10 Å². The lowest BCUT2D eigenvalue weighted by atomic mass is 10.0. The lowest BCUT2D eigenvalue weighted by Gasteiger charge is -2.24. The highest BCUT2D eigenvalue weighted by atomic mass is 31.2. The molecule has 0 aliphatic carbocycles. The van der Waals surface area contributed by atoms with E-state index in [1.54, 1.807) is 0 Å². The number of carbonyl (C=O) groups excluding carboxylic acids is 2. The van der Waals surface area contributed by atoms with Crippen LogP contribution in [0.3, 0.4) is 0 Å². The predicted octanol–water partition coefficient (Wildman–Crippen LogP) is 19.3. The lowest BCUT2D eigenvalue weighted by molar-refractivity contribution is -0.870. The van der Waals surface area contributed by atoms with Gasteiger partial charge in [0.2, 0.25) is 0 Å². The van der Waals surface area contributed by atoms with Crippen LogP contribution in [0.2, 0.25) is 0 Å². The average molecular weight is 1100 g/mol. The lowest BCUT2D eigenvalue weighted by Crippen LogP contribution is -2.37. The molecule has 1 N–H and O–H groups in total. The Morgan fingerprint density at radius 2 is 0.705 bits per heavy atom. The minimum absolute atomic E-state index is 0.0143. The number of esters is 2. The van der Waals surface area contributed by atoms with E-state index in [0.29, 0.717) is 23.9 Å². The van der Waals surface area contributed by atoms with Crippen molar-refractivity contribution in [3.05, 3.63) is 158 Å². The summed E-state index contributed by atoms with van der Waals surface area (Å²) in [7, 11) is 1.42. The molecule has 0 saturated heterocycles. The van der Waals surface area contributed by atoms with Gasteiger partial charge in [-0.3, -0.25) is 18.6 Å². The fourth-order valence-electron chi connectivity index (χ4n) is 7.48. The molecule has 0 bridgehead atoms. The molecule has 0 radical (unpaired) electrons. The molecule has 9 nitrogen and oxygen atoms in total. The Morgan fingerprint density at radius 3 is 1.06 bits per heavy atom. The topological polar surface area (TPSA) is 108 Å². The molecular formula is C68H111NO8P+. The molecule has 10 heteroatoms. The first-order chi connectivity index (χ1) is 38.0. The zero-order chi connectivity index (χ0) is 57.0. The molecule has 0 spiro atoms. The van der Waals surface area contributed by atoms with Gasteiger partial charge in [-0.15, -0.1) is 0 Å². The Hall–Kier alpha value is -4.37. The molecule has 0 aromatic rings. The quantitative estimate of drug-likeness (QED) is 0.0211. The smallest absolute Gasteiger partial charge is 0.462 e. The Kier molecular flexibility index (Phi) is 54.1. The number of hydrogen-bond acceptors (Lipinski definition) is 7. The van der Waals surface area contributed by atoms with Crippen molar-refractivity contribution < 1.29 is 42.1 Å². The fourth-order valence-corrected chi connectivity index (χ4v) is 8.22. The highest BCUT2D eigenvalue weighted by molar-refractivity contribution is 7.47. The van der Waals surface area contributed by atoms with Crippen LogP contribution in [-0.2, 0) is 32.7 Å². The summed E-state index contributed by atoms with van der Waals surface area (Å²) in [5.74, 6) is -0.879. The summed E-state index contributed by atoms with van der Waals surface area (Å²) >= 11 is 0. The van der Waals surface area contributed by atoms with Crippen molar-refractivity contribution in [1.29, 1.82) is 0 Å². The first kappa shape index (κ1) is 73.6. The van der Waals surface area contributed by atoms with Crippen LogP contribution < -0.4 is 0 Å². The summed E-state index contributed by atoms with van der Waals surface area (Å²) in [6, 6.07) is 0. The van der Waals surface area contributed by atoms with Crippen molar-refractivity contribution in [3.8, 4) is 0 Å². The number of unbranched alkanes of at least 4 members (excludes halogenated alkanes) is 13. The number of likely N-dealkylation sites (N-methyl/N-ethyl adjacent to an activating group) is 1. The van der Waals surface area contributed by atoms with Gasteiger partial charge >= 0.3 is 19.8 Å². The van der Waals surface area contributed by atoms with Gasteiger partial charge in [-0.2, -0.15) is 0 Å². The zero-order valence-corrected chi connectivity index (χ0v) is 50.7. The highest BCUT2D eigenvalue weighted by Gasteiger charge is 2.27. The van der Waals surface area contributed by atoms with E-state index in [1.807, 2.05) is 21.1 Å². The molecule has 0 heterocycles. The van der Waals surface area contributed by atoms with Crippen molar-refractivity contribution in [1.82, 2.24) is 0 Å². The minimum atomic E-state index is -4.41. The summed E-state index contributed by atoms with van der Waals surface area (Å²) in [5.41, 5.74) is 0. The summed E-state index contributed by atoms with van der Waals surface area (Å²) in [5, 5.41) is 0. The molecule has 2 unspecified atom stereocenters. The number of phosphoric acid groups is 1. The molecule has 78 heavy (non-hydrogen) atoms. The molecule has 0 fully saturated rings. The van der Waals surface area contributed by atoms with Crippen LogP contribution in [-0.4, -0.2) is 74.9 Å². The van der Waals surface area contributed by atoms with Gasteiger partial charge in [0.25, 0.3) is 0 Å². The predicted molar refractivity (Wildman–Crippen MR) is 334 cm³/mol. The Morgan fingerprint density at radius 1 is 0.397 bits per heavy atom. The van der Waals surface area contributed by atoms with Crippen molar-refractivity contribution >= 4 is 19.8 Å². The number of allylic oxidation sites excluding steroid dienone is 26. The van der Waals surface area contributed by atoms with E-state index in [2.05, 4.69) is 172 Å². The second kappa shape index (κ2) is 57.3. The maximum atomic E-state index is 12.8. The fraction of sp³-hybridized carbons (Fsp3) is 0.588. The van der Waals surface area contributed by atoms with Crippen LogP contribution in [0.5, 0.6) is 0 Å². The third kappa shape index (κ3) is 60.9. The maximum absolute atomic E-state index is 12.8. The highest BCUT2D eigenvalue weighted by Crippen LogP contribution is 2.43. The van der Waals surface area contributed by atoms with Gasteiger partial charge < -0.3 is 18.9 Å². The van der Waals surface area contributed by atoms with Gasteiger partial charge in [0, 0.05) is 12.8 Å². The van der Waals surface area contributed by atoms with Crippen LogP contribution in [0, 0.1) is 0 Å². The Labute approximate surface area is 477 Å². The molecule has 0 aliphatic heterocycles. The van der Waals surface area contributed by atoms with Crippen molar-refractivity contribution in [2.45, 2.75) is 213 Å². The number of rotatable bonds is 53. The first-order valence-electron chi connectivity index (χ1n) is 30.2. The number of hydrogen-bond donors (Lipinski definition) is 1. The SMILES string of the molecule is CC/C=C\C/C=C\C/C=C\C/C=C\C/C=C\C/C=C\C/C=C\C/C=C\CCCCCCCCCCCCCCC(=O)OC(COC(=O)CCC/C=C\C/C=C\C/C=C\C/C=C\C/C=C\CC)COP(=O)(O)OCC[N+](C)(C)C.